The molecule has 1 aromatic rings. The first-order valence-corrected chi connectivity index (χ1v) is 4.39. The number of thioether (sulfide) groups is 1. The molecule has 54 valence electrons. The minimum absolute atomic E-state index is 0.825. The summed E-state index contributed by atoms with van der Waals surface area (Å²) >= 11 is 1.71. The van der Waals surface area contributed by atoms with Crippen molar-refractivity contribution in [1.29, 1.82) is 0 Å². The summed E-state index contributed by atoms with van der Waals surface area (Å²) in [5, 5.41) is 10.7. The topological polar surface area (TPSA) is 26.9 Å². The fourth-order valence-electron chi connectivity index (χ4n) is 0.753. The molecule has 2 nitrogen and oxygen atoms in total. The lowest BCUT2D eigenvalue weighted by Crippen LogP contribution is -2.24. The Hall–Kier alpha value is -0.700. The Labute approximate surface area is 64.5 Å². The van der Waals surface area contributed by atoms with Gasteiger partial charge in [0.25, 0.3) is 0 Å². The third-order valence-corrected chi connectivity index (χ3v) is 1.77. The van der Waals surface area contributed by atoms with Gasteiger partial charge in [-0.15, -0.1) is 0 Å². The maximum Gasteiger partial charge on any atom is 0.184 e. The first-order chi connectivity index (χ1) is 4.83. The summed E-state index contributed by atoms with van der Waals surface area (Å²) in [6, 6.07) is 3.71. The number of aromatic nitrogens is 1. The van der Waals surface area contributed by atoms with E-state index in [2.05, 4.69) is 0 Å². The van der Waals surface area contributed by atoms with Crippen LogP contribution in [-0.4, -0.2) is 6.26 Å². The molecule has 1 aromatic heterocycles. The predicted octanol–water partition coefficient (Wildman–Crippen LogP) is 1.18. The van der Waals surface area contributed by atoms with Crippen molar-refractivity contribution in [3.8, 4) is 0 Å². The van der Waals surface area contributed by atoms with Gasteiger partial charge in [0, 0.05) is 17.4 Å². The molecule has 1 rings (SSSR count). The molecule has 0 N–H and O–H groups in total. The van der Waals surface area contributed by atoms with E-state index in [1.54, 1.807) is 24.0 Å². The SMILES string of the molecule is CSCc1ccc[n+]([O-])c1. The van der Waals surface area contributed by atoms with Crippen LogP contribution in [0.25, 0.3) is 0 Å². The highest BCUT2D eigenvalue weighted by atomic mass is 32.2. The van der Waals surface area contributed by atoms with E-state index in [1.807, 2.05) is 12.3 Å². The van der Waals surface area contributed by atoms with Crippen LogP contribution in [-0.2, 0) is 5.75 Å². The van der Waals surface area contributed by atoms with Crippen LogP contribution in [0.1, 0.15) is 5.56 Å². The van der Waals surface area contributed by atoms with Crippen molar-refractivity contribution in [3.63, 3.8) is 0 Å². The molecular formula is C7H9NOS. The second-order valence-corrected chi connectivity index (χ2v) is 2.87. The van der Waals surface area contributed by atoms with Gasteiger partial charge in [-0.2, -0.15) is 16.5 Å². The Kier molecular flexibility index (Phi) is 2.57. The van der Waals surface area contributed by atoms with Crippen molar-refractivity contribution in [3.05, 3.63) is 35.3 Å². The van der Waals surface area contributed by atoms with Gasteiger partial charge in [-0.25, -0.2) is 0 Å². The standard InChI is InChI=1S/C7H9NOS/c1-10-6-7-3-2-4-8(9)5-7/h2-5H,6H2,1H3. The van der Waals surface area contributed by atoms with E-state index in [0.717, 1.165) is 16.0 Å². The molecule has 0 aromatic carbocycles. The van der Waals surface area contributed by atoms with Crippen molar-refractivity contribution in [1.82, 2.24) is 0 Å². The summed E-state index contributed by atoms with van der Waals surface area (Å²) in [4.78, 5) is 0. The molecule has 0 amide bonds. The largest absolute Gasteiger partial charge is 0.619 e. The summed E-state index contributed by atoms with van der Waals surface area (Å²) in [5.41, 5.74) is 1.07. The molecule has 0 unspecified atom stereocenters. The second-order valence-electron chi connectivity index (χ2n) is 2.01. The van der Waals surface area contributed by atoms with Crippen LogP contribution in [0.3, 0.4) is 0 Å². The quantitative estimate of drug-likeness (QED) is 0.473. The molecule has 0 bridgehead atoms. The molecule has 0 saturated carbocycles. The molecule has 1 heterocycles. The van der Waals surface area contributed by atoms with Gasteiger partial charge in [0.2, 0.25) is 0 Å². The number of pyridine rings is 1. The monoisotopic (exact) mass is 155 g/mol. The first kappa shape index (κ1) is 7.41. The number of rotatable bonds is 2. The van der Waals surface area contributed by atoms with E-state index < -0.39 is 0 Å². The molecule has 0 aliphatic carbocycles. The van der Waals surface area contributed by atoms with Gasteiger partial charge in [-0.3, -0.25) is 0 Å². The van der Waals surface area contributed by atoms with Crippen LogP contribution in [0.4, 0.5) is 0 Å². The Bertz CT molecular complexity index is 215. The zero-order valence-electron chi connectivity index (χ0n) is 5.78. The fourth-order valence-corrected chi connectivity index (χ4v) is 1.26. The molecule has 0 spiro atoms. The Balaban J connectivity index is 2.75. The van der Waals surface area contributed by atoms with Gasteiger partial charge < -0.3 is 5.21 Å². The van der Waals surface area contributed by atoms with Crippen LogP contribution in [0.15, 0.2) is 24.5 Å². The minimum atomic E-state index is 0.825. The lowest BCUT2D eigenvalue weighted by molar-refractivity contribution is -0.605. The van der Waals surface area contributed by atoms with Crippen molar-refractivity contribution in [2.75, 3.05) is 6.26 Å². The molecule has 0 saturated heterocycles. The first-order valence-electron chi connectivity index (χ1n) is 2.99. The summed E-state index contributed by atoms with van der Waals surface area (Å²) in [6.07, 6.45) is 5.10. The van der Waals surface area contributed by atoms with Gasteiger partial charge in [-0.1, -0.05) is 0 Å². The second kappa shape index (κ2) is 3.46. The van der Waals surface area contributed by atoms with Crippen LogP contribution in [0, 0.1) is 5.21 Å². The molecule has 0 radical (unpaired) electrons. The van der Waals surface area contributed by atoms with Crippen LogP contribution in [0.5, 0.6) is 0 Å². The normalized spacial score (nSPS) is 9.70. The highest BCUT2D eigenvalue weighted by Gasteiger charge is 1.93. The molecule has 0 atom stereocenters. The third-order valence-electron chi connectivity index (χ3n) is 1.15. The molecule has 3 heteroatoms. The Morgan fingerprint density at radius 2 is 2.50 bits per heavy atom. The maximum absolute atomic E-state index is 10.7. The smallest absolute Gasteiger partial charge is 0.184 e. The van der Waals surface area contributed by atoms with Crippen LogP contribution in [0.2, 0.25) is 0 Å². The van der Waals surface area contributed by atoms with Gasteiger partial charge >= 0.3 is 0 Å². The number of hydrogen-bond acceptors (Lipinski definition) is 2. The van der Waals surface area contributed by atoms with Gasteiger partial charge in [-0.05, 0) is 12.3 Å². The van der Waals surface area contributed by atoms with E-state index in [9.17, 15) is 5.21 Å². The molecule has 0 fully saturated rings. The van der Waals surface area contributed by atoms with Crippen LogP contribution >= 0.6 is 11.8 Å². The van der Waals surface area contributed by atoms with Crippen molar-refractivity contribution in [2.24, 2.45) is 0 Å². The van der Waals surface area contributed by atoms with Crippen LogP contribution < -0.4 is 4.73 Å². The maximum atomic E-state index is 10.7. The molecule has 0 aliphatic rings. The average molecular weight is 155 g/mol. The molecular weight excluding hydrogens is 146 g/mol. The van der Waals surface area contributed by atoms with E-state index in [4.69, 9.17) is 0 Å². The predicted molar refractivity (Wildman–Crippen MR) is 42.6 cm³/mol. The zero-order chi connectivity index (χ0) is 7.40. The van der Waals surface area contributed by atoms with E-state index in [-0.39, 0.29) is 0 Å². The fraction of sp³-hybridized carbons (Fsp3) is 0.286. The van der Waals surface area contributed by atoms with Crippen molar-refractivity contribution < 1.29 is 4.73 Å². The number of nitrogens with zero attached hydrogens (tertiary/aromatic N) is 1. The van der Waals surface area contributed by atoms with E-state index in [1.165, 1.54) is 6.20 Å². The highest BCUT2D eigenvalue weighted by Crippen LogP contribution is 2.04. The van der Waals surface area contributed by atoms with Crippen molar-refractivity contribution in [2.45, 2.75) is 5.75 Å². The lowest BCUT2D eigenvalue weighted by atomic mass is 10.3. The van der Waals surface area contributed by atoms with E-state index >= 15 is 0 Å². The Morgan fingerprint density at radius 1 is 1.70 bits per heavy atom. The van der Waals surface area contributed by atoms with Gasteiger partial charge in [0.05, 0.1) is 0 Å². The minimum Gasteiger partial charge on any atom is -0.619 e. The van der Waals surface area contributed by atoms with E-state index in [0.29, 0.717) is 0 Å². The summed E-state index contributed by atoms with van der Waals surface area (Å²) < 4.78 is 0.825. The number of hydrogen-bond donors (Lipinski definition) is 0. The third kappa shape index (κ3) is 1.92. The molecule has 0 aliphatic heterocycles. The lowest BCUT2D eigenvalue weighted by Gasteiger charge is -1.97. The zero-order valence-corrected chi connectivity index (χ0v) is 6.60. The summed E-state index contributed by atoms with van der Waals surface area (Å²) in [6.45, 7) is 0. The summed E-state index contributed by atoms with van der Waals surface area (Å²) in [7, 11) is 0. The van der Waals surface area contributed by atoms with Gasteiger partial charge in [0.1, 0.15) is 0 Å². The Morgan fingerprint density at radius 3 is 3.10 bits per heavy atom. The van der Waals surface area contributed by atoms with Gasteiger partial charge in [0.15, 0.2) is 12.4 Å². The summed E-state index contributed by atoms with van der Waals surface area (Å²) in [5.74, 6) is 0.906. The highest BCUT2D eigenvalue weighted by molar-refractivity contribution is 7.97. The average Bonchev–Trinajstić information content (AvgIpc) is 1.88. The molecule has 10 heavy (non-hydrogen) atoms. The van der Waals surface area contributed by atoms with Crippen molar-refractivity contribution >= 4 is 11.8 Å².